The first kappa shape index (κ1) is 14.8. The van der Waals surface area contributed by atoms with E-state index < -0.39 is 5.92 Å². The Morgan fingerprint density at radius 2 is 2.30 bits per heavy atom. The summed E-state index contributed by atoms with van der Waals surface area (Å²) in [5, 5.41) is 3.32. The summed E-state index contributed by atoms with van der Waals surface area (Å²) in [6, 6.07) is 7.09. The molecule has 1 unspecified atom stereocenters. The van der Waals surface area contributed by atoms with E-state index in [0.717, 1.165) is 5.69 Å². The molecule has 0 bridgehead atoms. The molecular formula is C14H18ClN3O2. The molecule has 1 aromatic rings. The average Bonchev–Trinajstić information content (AvgIpc) is 2.81. The van der Waals surface area contributed by atoms with E-state index in [1.54, 1.807) is 23.1 Å². The molecule has 3 N–H and O–H groups in total. The molecule has 0 spiro atoms. The van der Waals surface area contributed by atoms with E-state index in [9.17, 15) is 9.59 Å². The molecule has 6 heteroatoms. The quantitative estimate of drug-likeness (QED) is 0.632. The van der Waals surface area contributed by atoms with Gasteiger partial charge in [0.1, 0.15) is 5.92 Å². The van der Waals surface area contributed by atoms with Gasteiger partial charge >= 0.3 is 0 Å². The zero-order valence-corrected chi connectivity index (χ0v) is 11.9. The lowest BCUT2D eigenvalue weighted by atomic mass is 10.1. The lowest BCUT2D eigenvalue weighted by Gasteiger charge is -2.17. The number of hydrogen-bond acceptors (Lipinski definition) is 3. The molecule has 5 nitrogen and oxygen atoms in total. The predicted octanol–water partition coefficient (Wildman–Crippen LogP) is 1.16. The minimum atomic E-state index is -0.605. The van der Waals surface area contributed by atoms with Crippen molar-refractivity contribution in [1.82, 2.24) is 5.32 Å². The number of carbonyl (C=O) groups is 2. The molecule has 1 atom stereocenters. The van der Waals surface area contributed by atoms with E-state index in [4.69, 9.17) is 17.3 Å². The molecule has 1 aromatic carbocycles. The fraction of sp³-hybridized carbons (Fsp3) is 0.429. The maximum Gasteiger partial charge on any atom is 0.239 e. The number of nitrogens with one attached hydrogen (secondary N) is 1. The van der Waals surface area contributed by atoms with Crippen molar-refractivity contribution >= 4 is 29.1 Å². The van der Waals surface area contributed by atoms with Crippen LogP contribution in [0.15, 0.2) is 24.3 Å². The van der Waals surface area contributed by atoms with Crippen LogP contribution >= 0.6 is 11.6 Å². The summed E-state index contributed by atoms with van der Waals surface area (Å²) in [5.41, 5.74) is 6.10. The van der Waals surface area contributed by atoms with E-state index in [1.165, 1.54) is 0 Å². The zero-order valence-electron chi connectivity index (χ0n) is 11.1. The molecule has 1 aliphatic rings. The standard InChI is InChI=1S/C14H18ClN3O2/c15-10-3-1-4-11(9-10)18-8-5-12(14(18)20)13(19)17-7-2-6-16/h1,3-4,9,12H,2,5-8,16H2,(H,17,19). The molecule has 1 heterocycles. The van der Waals surface area contributed by atoms with E-state index in [0.29, 0.717) is 37.5 Å². The Labute approximate surface area is 123 Å². The molecule has 20 heavy (non-hydrogen) atoms. The van der Waals surface area contributed by atoms with E-state index in [-0.39, 0.29) is 11.8 Å². The molecule has 0 radical (unpaired) electrons. The van der Waals surface area contributed by atoms with Crippen LogP contribution in [0.5, 0.6) is 0 Å². The second kappa shape index (κ2) is 6.72. The van der Waals surface area contributed by atoms with E-state index in [1.807, 2.05) is 6.07 Å². The van der Waals surface area contributed by atoms with Gasteiger partial charge in [-0.05, 0) is 37.6 Å². The monoisotopic (exact) mass is 295 g/mol. The summed E-state index contributed by atoms with van der Waals surface area (Å²) in [6.07, 6.45) is 1.24. The number of carbonyl (C=O) groups excluding carboxylic acids is 2. The zero-order chi connectivity index (χ0) is 14.5. The largest absolute Gasteiger partial charge is 0.355 e. The van der Waals surface area contributed by atoms with Gasteiger partial charge in [0, 0.05) is 23.8 Å². The highest BCUT2D eigenvalue weighted by Gasteiger charge is 2.37. The third kappa shape index (κ3) is 3.29. The molecule has 0 saturated carbocycles. The van der Waals surface area contributed by atoms with Crippen molar-refractivity contribution in [3.63, 3.8) is 0 Å². The number of nitrogens with zero attached hydrogens (tertiary/aromatic N) is 1. The van der Waals surface area contributed by atoms with Crippen LogP contribution in [0, 0.1) is 5.92 Å². The van der Waals surface area contributed by atoms with Crippen molar-refractivity contribution < 1.29 is 9.59 Å². The highest BCUT2D eigenvalue weighted by Crippen LogP contribution is 2.27. The second-order valence-electron chi connectivity index (χ2n) is 4.74. The number of amides is 2. The first-order valence-corrected chi connectivity index (χ1v) is 7.06. The van der Waals surface area contributed by atoms with Crippen LogP contribution in [0.3, 0.4) is 0 Å². The Hall–Kier alpha value is -1.59. The average molecular weight is 296 g/mol. The summed E-state index contributed by atoms with van der Waals surface area (Å²) in [6.45, 7) is 1.57. The molecule has 0 aliphatic carbocycles. The molecule has 2 amide bonds. The SMILES string of the molecule is NCCCNC(=O)C1CCN(c2cccc(Cl)c2)C1=O. The summed E-state index contributed by atoms with van der Waals surface area (Å²) < 4.78 is 0. The summed E-state index contributed by atoms with van der Waals surface area (Å²) >= 11 is 5.93. The lowest BCUT2D eigenvalue weighted by Crippen LogP contribution is -2.37. The van der Waals surface area contributed by atoms with E-state index in [2.05, 4.69) is 5.32 Å². The molecule has 1 fully saturated rings. The number of benzene rings is 1. The Bertz CT molecular complexity index is 507. The third-order valence-corrected chi connectivity index (χ3v) is 3.56. The van der Waals surface area contributed by atoms with Gasteiger partial charge < -0.3 is 16.0 Å². The van der Waals surface area contributed by atoms with Crippen LogP contribution in [0.2, 0.25) is 5.02 Å². The van der Waals surface area contributed by atoms with Crippen molar-refractivity contribution in [1.29, 1.82) is 0 Å². The molecule has 108 valence electrons. The van der Waals surface area contributed by atoms with Crippen LogP contribution in [-0.4, -0.2) is 31.4 Å². The van der Waals surface area contributed by atoms with Crippen LogP contribution in [0.4, 0.5) is 5.69 Å². The number of anilines is 1. The summed E-state index contributed by atoms with van der Waals surface area (Å²) in [5.74, 6) is -0.989. The Morgan fingerprint density at radius 3 is 3.00 bits per heavy atom. The van der Waals surface area contributed by atoms with Crippen molar-refractivity contribution in [3.05, 3.63) is 29.3 Å². The normalized spacial score (nSPS) is 18.4. The highest BCUT2D eigenvalue weighted by molar-refractivity contribution is 6.31. The van der Waals surface area contributed by atoms with Gasteiger partial charge in [-0.15, -0.1) is 0 Å². The van der Waals surface area contributed by atoms with Gasteiger partial charge in [-0.3, -0.25) is 9.59 Å². The molecule has 0 aromatic heterocycles. The van der Waals surface area contributed by atoms with Crippen molar-refractivity contribution in [2.75, 3.05) is 24.5 Å². The fourth-order valence-corrected chi connectivity index (χ4v) is 2.44. The van der Waals surface area contributed by atoms with Crippen LogP contribution < -0.4 is 16.0 Å². The lowest BCUT2D eigenvalue weighted by molar-refractivity contribution is -0.132. The van der Waals surface area contributed by atoms with Gasteiger partial charge in [-0.2, -0.15) is 0 Å². The second-order valence-corrected chi connectivity index (χ2v) is 5.18. The highest BCUT2D eigenvalue weighted by atomic mass is 35.5. The third-order valence-electron chi connectivity index (χ3n) is 3.32. The fourth-order valence-electron chi connectivity index (χ4n) is 2.26. The summed E-state index contributed by atoms with van der Waals surface area (Å²) in [7, 11) is 0. The van der Waals surface area contributed by atoms with Crippen LogP contribution in [0.1, 0.15) is 12.8 Å². The van der Waals surface area contributed by atoms with Gasteiger partial charge in [0.25, 0.3) is 0 Å². The van der Waals surface area contributed by atoms with Gasteiger partial charge in [0.05, 0.1) is 0 Å². The molecule has 2 rings (SSSR count). The Balaban J connectivity index is 2.00. The number of hydrogen-bond donors (Lipinski definition) is 2. The first-order valence-electron chi connectivity index (χ1n) is 6.68. The van der Waals surface area contributed by atoms with Crippen molar-refractivity contribution in [2.24, 2.45) is 11.7 Å². The predicted molar refractivity (Wildman–Crippen MR) is 78.6 cm³/mol. The van der Waals surface area contributed by atoms with Crippen molar-refractivity contribution in [3.8, 4) is 0 Å². The maximum atomic E-state index is 12.3. The number of nitrogens with two attached hydrogens (primary N) is 1. The Kier molecular flexibility index (Phi) is 4.98. The summed E-state index contributed by atoms with van der Waals surface area (Å²) in [4.78, 5) is 25.8. The number of rotatable bonds is 5. The van der Waals surface area contributed by atoms with Crippen LogP contribution in [0.25, 0.3) is 0 Å². The number of halogens is 1. The first-order chi connectivity index (χ1) is 9.63. The minimum absolute atomic E-state index is 0.169. The molecule has 1 aliphatic heterocycles. The van der Waals surface area contributed by atoms with Gasteiger partial charge in [0.2, 0.25) is 11.8 Å². The van der Waals surface area contributed by atoms with Gasteiger partial charge in [0.15, 0.2) is 0 Å². The Morgan fingerprint density at radius 1 is 1.50 bits per heavy atom. The van der Waals surface area contributed by atoms with Gasteiger partial charge in [-0.25, -0.2) is 0 Å². The topological polar surface area (TPSA) is 75.4 Å². The molecule has 1 saturated heterocycles. The molecular weight excluding hydrogens is 278 g/mol. The van der Waals surface area contributed by atoms with Gasteiger partial charge in [-0.1, -0.05) is 17.7 Å². The van der Waals surface area contributed by atoms with E-state index >= 15 is 0 Å². The smallest absolute Gasteiger partial charge is 0.239 e. The minimum Gasteiger partial charge on any atom is -0.355 e. The van der Waals surface area contributed by atoms with Crippen molar-refractivity contribution in [2.45, 2.75) is 12.8 Å². The van der Waals surface area contributed by atoms with Crippen LogP contribution in [-0.2, 0) is 9.59 Å². The maximum absolute atomic E-state index is 12.3.